The van der Waals surface area contributed by atoms with Gasteiger partial charge >= 0.3 is 0 Å². The van der Waals surface area contributed by atoms with E-state index in [1.165, 1.54) is 56.9 Å². The average Bonchev–Trinajstić information content (AvgIpc) is 2.56. The smallest absolute Gasteiger partial charge is 0.0968 e. The van der Waals surface area contributed by atoms with Crippen LogP contribution in [-0.4, -0.2) is 18.0 Å². The number of hydrogen-bond acceptors (Lipinski definition) is 1. The molecule has 1 rings (SSSR count). The summed E-state index contributed by atoms with van der Waals surface area (Å²) in [6.07, 6.45) is 16.2. The van der Waals surface area contributed by atoms with Crippen LogP contribution in [0, 0.1) is 12.3 Å². The van der Waals surface area contributed by atoms with E-state index in [-0.39, 0.29) is 6.04 Å². The van der Waals surface area contributed by atoms with Crippen molar-refractivity contribution in [3.05, 3.63) is 35.9 Å². The molecule has 0 fully saturated rings. The number of rotatable bonds is 12. The zero-order valence-electron chi connectivity index (χ0n) is 14.6. The molecular formula is C21H33N. The molecule has 0 aliphatic carbocycles. The van der Waals surface area contributed by atoms with Crippen molar-refractivity contribution in [3.8, 4) is 12.3 Å². The number of nitrogens with zero attached hydrogens (tertiary/aromatic N) is 1. The highest BCUT2D eigenvalue weighted by atomic mass is 15.1. The molecule has 0 aliphatic rings. The molecule has 0 saturated carbocycles. The van der Waals surface area contributed by atoms with Crippen molar-refractivity contribution < 1.29 is 0 Å². The highest BCUT2D eigenvalue weighted by molar-refractivity contribution is 5.25. The topological polar surface area (TPSA) is 3.24 Å². The van der Waals surface area contributed by atoms with E-state index in [1.807, 2.05) is 0 Å². The summed E-state index contributed by atoms with van der Waals surface area (Å²) in [6.45, 7) is 6.76. The third kappa shape index (κ3) is 7.14. The standard InChI is InChI=1S/C21H33N/c1-4-7-9-14-18-22(19-15-10-8-5-2)21(6-3)20-16-12-11-13-17-20/h3,11-13,16-17,21H,4-5,7-10,14-15,18-19H2,1-2H3. The van der Waals surface area contributed by atoms with Crippen LogP contribution in [0.15, 0.2) is 30.3 Å². The molecular weight excluding hydrogens is 266 g/mol. The van der Waals surface area contributed by atoms with Crippen LogP contribution in [0.3, 0.4) is 0 Å². The lowest BCUT2D eigenvalue weighted by atomic mass is 10.0. The molecule has 22 heavy (non-hydrogen) atoms. The molecule has 1 atom stereocenters. The predicted molar refractivity (Wildman–Crippen MR) is 97.9 cm³/mol. The Labute approximate surface area is 138 Å². The van der Waals surface area contributed by atoms with Gasteiger partial charge in [-0.2, -0.15) is 0 Å². The molecule has 0 N–H and O–H groups in total. The maximum absolute atomic E-state index is 5.87. The Morgan fingerprint density at radius 1 is 0.864 bits per heavy atom. The molecule has 1 aromatic rings. The Balaban J connectivity index is 2.62. The fourth-order valence-corrected chi connectivity index (χ4v) is 2.90. The van der Waals surface area contributed by atoms with Crippen LogP contribution in [0.1, 0.15) is 76.8 Å². The Morgan fingerprint density at radius 2 is 1.41 bits per heavy atom. The number of unbranched alkanes of at least 4 members (excludes halogenated alkanes) is 6. The number of hydrogen-bond donors (Lipinski definition) is 0. The second-order valence-corrected chi connectivity index (χ2v) is 6.14. The Kier molecular flexibility index (Phi) is 10.5. The molecule has 0 radical (unpaired) electrons. The van der Waals surface area contributed by atoms with Crippen LogP contribution in [0.25, 0.3) is 0 Å². The van der Waals surface area contributed by atoms with Gasteiger partial charge in [0.25, 0.3) is 0 Å². The molecule has 0 spiro atoms. The fraction of sp³-hybridized carbons (Fsp3) is 0.619. The molecule has 0 aromatic heterocycles. The molecule has 0 bridgehead atoms. The van der Waals surface area contributed by atoms with Crippen molar-refractivity contribution >= 4 is 0 Å². The van der Waals surface area contributed by atoms with Crippen molar-refractivity contribution in [1.29, 1.82) is 0 Å². The van der Waals surface area contributed by atoms with Gasteiger partial charge < -0.3 is 0 Å². The lowest BCUT2D eigenvalue weighted by Gasteiger charge is -2.28. The van der Waals surface area contributed by atoms with Gasteiger partial charge in [0, 0.05) is 0 Å². The van der Waals surface area contributed by atoms with E-state index < -0.39 is 0 Å². The third-order valence-corrected chi connectivity index (χ3v) is 4.24. The number of terminal acetylenes is 1. The van der Waals surface area contributed by atoms with Crippen molar-refractivity contribution in [2.75, 3.05) is 13.1 Å². The Hall–Kier alpha value is -1.26. The zero-order chi connectivity index (χ0) is 16.0. The predicted octanol–water partition coefficient (Wildman–Crippen LogP) is 5.82. The van der Waals surface area contributed by atoms with Gasteiger partial charge in [-0.15, -0.1) is 6.42 Å². The van der Waals surface area contributed by atoms with Crippen LogP contribution in [0.4, 0.5) is 0 Å². The van der Waals surface area contributed by atoms with E-state index in [4.69, 9.17) is 6.42 Å². The highest BCUT2D eigenvalue weighted by Gasteiger charge is 2.17. The highest BCUT2D eigenvalue weighted by Crippen LogP contribution is 2.21. The third-order valence-electron chi connectivity index (χ3n) is 4.24. The second kappa shape index (κ2) is 12.3. The largest absolute Gasteiger partial charge is 0.286 e. The molecule has 1 aromatic carbocycles. The molecule has 1 nitrogen and oxygen atoms in total. The first kappa shape index (κ1) is 18.8. The van der Waals surface area contributed by atoms with Gasteiger partial charge in [-0.3, -0.25) is 4.90 Å². The van der Waals surface area contributed by atoms with Gasteiger partial charge in [0.2, 0.25) is 0 Å². The lowest BCUT2D eigenvalue weighted by Crippen LogP contribution is -2.30. The molecule has 0 aliphatic heterocycles. The fourth-order valence-electron chi connectivity index (χ4n) is 2.90. The van der Waals surface area contributed by atoms with Gasteiger partial charge in [0.15, 0.2) is 0 Å². The molecule has 0 saturated heterocycles. The van der Waals surface area contributed by atoms with E-state index in [0.29, 0.717) is 0 Å². The summed E-state index contributed by atoms with van der Waals surface area (Å²) in [5.41, 5.74) is 1.26. The van der Waals surface area contributed by atoms with Gasteiger partial charge in [0.05, 0.1) is 6.04 Å². The quantitative estimate of drug-likeness (QED) is 0.347. The van der Waals surface area contributed by atoms with Gasteiger partial charge in [0.1, 0.15) is 0 Å². The normalized spacial score (nSPS) is 12.3. The van der Waals surface area contributed by atoms with Gasteiger partial charge in [-0.1, -0.05) is 88.6 Å². The summed E-state index contributed by atoms with van der Waals surface area (Å²) in [4.78, 5) is 2.51. The first-order chi connectivity index (χ1) is 10.8. The SMILES string of the molecule is C#CC(c1ccccc1)N(CCCCCC)CCCCCC. The van der Waals surface area contributed by atoms with Gasteiger partial charge in [-0.25, -0.2) is 0 Å². The van der Waals surface area contributed by atoms with E-state index in [9.17, 15) is 0 Å². The van der Waals surface area contributed by atoms with E-state index in [1.54, 1.807) is 0 Å². The summed E-state index contributed by atoms with van der Waals surface area (Å²) in [5.74, 6) is 3.03. The van der Waals surface area contributed by atoms with Crippen molar-refractivity contribution in [2.24, 2.45) is 0 Å². The van der Waals surface area contributed by atoms with Crippen molar-refractivity contribution in [3.63, 3.8) is 0 Å². The summed E-state index contributed by atoms with van der Waals surface area (Å²) >= 11 is 0. The number of benzene rings is 1. The maximum atomic E-state index is 5.87. The van der Waals surface area contributed by atoms with Gasteiger partial charge in [-0.05, 0) is 31.5 Å². The minimum Gasteiger partial charge on any atom is -0.286 e. The monoisotopic (exact) mass is 299 g/mol. The van der Waals surface area contributed by atoms with E-state index >= 15 is 0 Å². The van der Waals surface area contributed by atoms with Crippen LogP contribution in [0.2, 0.25) is 0 Å². The van der Waals surface area contributed by atoms with Crippen LogP contribution in [0.5, 0.6) is 0 Å². The van der Waals surface area contributed by atoms with E-state index in [0.717, 1.165) is 13.1 Å². The molecule has 0 amide bonds. The lowest BCUT2D eigenvalue weighted by molar-refractivity contribution is 0.226. The van der Waals surface area contributed by atoms with Crippen molar-refractivity contribution in [2.45, 2.75) is 71.3 Å². The molecule has 0 heterocycles. The summed E-state index contributed by atoms with van der Waals surface area (Å²) < 4.78 is 0. The summed E-state index contributed by atoms with van der Waals surface area (Å²) in [7, 11) is 0. The summed E-state index contributed by atoms with van der Waals surface area (Å²) in [6, 6.07) is 10.7. The van der Waals surface area contributed by atoms with Crippen LogP contribution in [-0.2, 0) is 0 Å². The first-order valence-electron chi connectivity index (χ1n) is 9.08. The minimum absolute atomic E-state index is 0.129. The van der Waals surface area contributed by atoms with Crippen molar-refractivity contribution in [1.82, 2.24) is 4.90 Å². The molecule has 1 unspecified atom stereocenters. The average molecular weight is 300 g/mol. The Bertz CT molecular complexity index is 392. The first-order valence-corrected chi connectivity index (χ1v) is 9.08. The zero-order valence-corrected chi connectivity index (χ0v) is 14.6. The molecule has 122 valence electrons. The maximum Gasteiger partial charge on any atom is 0.0968 e. The molecule has 1 heteroatoms. The van der Waals surface area contributed by atoms with Crippen LogP contribution < -0.4 is 0 Å². The minimum atomic E-state index is 0.129. The van der Waals surface area contributed by atoms with Crippen LogP contribution >= 0.6 is 0 Å². The van der Waals surface area contributed by atoms with E-state index in [2.05, 4.69) is 55.0 Å². The summed E-state index contributed by atoms with van der Waals surface area (Å²) in [5, 5.41) is 0. The Morgan fingerprint density at radius 3 is 1.86 bits per heavy atom. The second-order valence-electron chi connectivity index (χ2n) is 6.14.